The van der Waals surface area contributed by atoms with Gasteiger partial charge in [0.1, 0.15) is 6.29 Å². The summed E-state index contributed by atoms with van der Waals surface area (Å²) in [5, 5.41) is 0. The van der Waals surface area contributed by atoms with E-state index in [1.54, 1.807) is 0 Å². The Morgan fingerprint density at radius 3 is 1.75 bits per heavy atom. The summed E-state index contributed by atoms with van der Waals surface area (Å²) in [5.74, 6) is 0. The zero-order chi connectivity index (χ0) is 2.71. The predicted octanol–water partition coefficient (Wildman–Crippen LogP) is -0.979. The van der Waals surface area contributed by atoms with Crippen molar-refractivity contribution >= 4 is 30.7 Å². The molecule has 0 radical (unpaired) electrons. The second-order valence-corrected chi connectivity index (χ2v) is 0.236. The topological polar surface area (TPSA) is 17.1 Å². The molecule has 1 nitrogen and oxygen atoms in total. The van der Waals surface area contributed by atoms with Crippen LogP contribution >= 0.6 is 0 Å². The summed E-state index contributed by atoms with van der Waals surface area (Å²) < 4.78 is 0. The van der Waals surface area contributed by atoms with E-state index < -0.39 is 0 Å². The summed E-state index contributed by atoms with van der Waals surface area (Å²) in [5.41, 5.74) is 0. The number of carbonyl (C=O) groups excluding carboxylic acids is 1. The Morgan fingerprint density at radius 1 is 1.75 bits per heavy atom. The van der Waals surface area contributed by atoms with Crippen LogP contribution < -0.4 is 0 Å². The van der Waals surface area contributed by atoms with Crippen molar-refractivity contribution < 1.29 is 4.79 Å². The minimum atomic E-state index is 0. The maximum absolute atomic E-state index is 8.81. The molecule has 0 N–H and O–H groups in total. The van der Waals surface area contributed by atoms with Gasteiger partial charge in [0.15, 0.2) is 0 Å². The van der Waals surface area contributed by atoms with E-state index in [2.05, 4.69) is 0 Å². The molecule has 0 spiro atoms. The molecule has 0 aliphatic rings. The third-order valence-electron chi connectivity index (χ3n) is 0. The second-order valence-electron chi connectivity index (χ2n) is 0.236. The summed E-state index contributed by atoms with van der Waals surface area (Å²) >= 11 is 0. The fraction of sp³-hybridized carbons (Fsp3) is 0.500. The quantitative estimate of drug-likeness (QED) is 0.336. The van der Waals surface area contributed by atoms with E-state index in [9.17, 15) is 0 Å². The standard InChI is InChI=1S/C2H4O.Sb.3H/c1-2-3;;;;/h2H,1H3;;;;. The first kappa shape index (κ1) is 8.82. The molecule has 0 heterocycles. The van der Waals surface area contributed by atoms with Crippen LogP contribution in [0.25, 0.3) is 0 Å². The first-order valence-electron chi connectivity index (χ1n) is 0.813. The molecule has 0 saturated carbocycles. The molecule has 0 aromatic heterocycles. The van der Waals surface area contributed by atoms with Crippen LogP contribution in [-0.4, -0.2) is 30.7 Å². The van der Waals surface area contributed by atoms with Gasteiger partial charge >= 0.3 is 24.4 Å². The van der Waals surface area contributed by atoms with Gasteiger partial charge in [0.05, 0.1) is 0 Å². The average molecular weight is 169 g/mol. The van der Waals surface area contributed by atoms with Gasteiger partial charge in [-0.15, -0.1) is 0 Å². The summed E-state index contributed by atoms with van der Waals surface area (Å²) in [6.07, 6.45) is 0.750. The molecule has 2 heteroatoms. The molecule has 0 bridgehead atoms. The molecule has 0 aromatic carbocycles. The first-order chi connectivity index (χ1) is 1.41. The first-order valence-corrected chi connectivity index (χ1v) is 0.813. The zero-order valence-corrected chi connectivity index (χ0v) is 6.73. The van der Waals surface area contributed by atoms with Crippen molar-refractivity contribution in [2.24, 2.45) is 0 Å². The molecule has 0 atom stereocenters. The van der Waals surface area contributed by atoms with Crippen molar-refractivity contribution in [3.8, 4) is 0 Å². The van der Waals surface area contributed by atoms with Gasteiger partial charge in [-0.3, -0.25) is 0 Å². The monoisotopic (exact) mass is 168 g/mol. The van der Waals surface area contributed by atoms with Crippen LogP contribution in [0.1, 0.15) is 6.92 Å². The van der Waals surface area contributed by atoms with E-state index in [0.717, 1.165) is 6.29 Å². The van der Waals surface area contributed by atoms with E-state index in [-0.39, 0.29) is 24.4 Å². The SMILES string of the molecule is CC=O.[SbH3]. The van der Waals surface area contributed by atoms with Crippen molar-refractivity contribution in [2.75, 3.05) is 0 Å². The number of aldehydes is 1. The van der Waals surface area contributed by atoms with E-state index in [1.807, 2.05) is 0 Å². The maximum atomic E-state index is 8.81. The van der Waals surface area contributed by atoms with Gasteiger partial charge in [-0.25, -0.2) is 0 Å². The Morgan fingerprint density at radius 2 is 1.75 bits per heavy atom. The van der Waals surface area contributed by atoms with Crippen LogP contribution in [0.4, 0.5) is 0 Å². The number of hydrogen-bond acceptors (Lipinski definition) is 1. The van der Waals surface area contributed by atoms with Crippen molar-refractivity contribution in [2.45, 2.75) is 6.92 Å². The summed E-state index contributed by atoms with van der Waals surface area (Å²) in [4.78, 5) is 8.81. The molecular formula is C2H7OSb. The van der Waals surface area contributed by atoms with Gasteiger partial charge in [0.2, 0.25) is 0 Å². The van der Waals surface area contributed by atoms with Gasteiger partial charge in [-0.2, -0.15) is 0 Å². The number of hydrogen-bond donors (Lipinski definition) is 0. The molecule has 0 amide bonds. The molecule has 0 rings (SSSR count). The Balaban J connectivity index is 0. The minimum absolute atomic E-state index is 0. The fourth-order valence-corrected chi connectivity index (χ4v) is 0. The van der Waals surface area contributed by atoms with Gasteiger partial charge in [0, 0.05) is 0 Å². The fourth-order valence-electron chi connectivity index (χ4n) is 0. The Hall–Kier alpha value is 0.488. The molecule has 0 aromatic rings. The Labute approximate surface area is 42.8 Å². The van der Waals surface area contributed by atoms with E-state index >= 15 is 0 Å². The third kappa shape index (κ3) is 23.1. The second kappa shape index (κ2) is 9.75. The Kier molecular flexibility index (Phi) is 21.5. The van der Waals surface area contributed by atoms with Crippen LogP contribution in [0.2, 0.25) is 0 Å². The van der Waals surface area contributed by atoms with Crippen LogP contribution in [0.3, 0.4) is 0 Å². The third-order valence-corrected chi connectivity index (χ3v) is 0. The molecule has 26 valence electrons. The normalized spacial score (nSPS) is 3.25. The van der Waals surface area contributed by atoms with E-state index in [0.29, 0.717) is 0 Å². The summed E-state index contributed by atoms with van der Waals surface area (Å²) in [6.45, 7) is 1.44. The van der Waals surface area contributed by atoms with Crippen LogP contribution in [0.15, 0.2) is 0 Å². The molecule has 0 saturated heterocycles. The zero-order valence-electron chi connectivity index (χ0n) is 2.69. The van der Waals surface area contributed by atoms with Crippen LogP contribution in [0.5, 0.6) is 0 Å². The average Bonchev–Trinajstić information content (AvgIpc) is 0.918. The molecule has 4 heavy (non-hydrogen) atoms. The molecule has 0 aliphatic carbocycles. The van der Waals surface area contributed by atoms with Gasteiger partial charge in [-0.05, 0) is 6.92 Å². The van der Waals surface area contributed by atoms with E-state index in [1.165, 1.54) is 6.92 Å². The van der Waals surface area contributed by atoms with Crippen LogP contribution in [-0.2, 0) is 4.79 Å². The van der Waals surface area contributed by atoms with Crippen molar-refractivity contribution in [1.82, 2.24) is 0 Å². The van der Waals surface area contributed by atoms with E-state index in [4.69, 9.17) is 4.79 Å². The van der Waals surface area contributed by atoms with Crippen molar-refractivity contribution in [3.05, 3.63) is 0 Å². The van der Waals surface area contributed by atoms with Gasteiger partial charge in [0.25, 0.3) is 0 Å². The molecular weight excluding hydrogens is 162 g/mol. The van der Waals surface area contributed by atoms with Crippen molar-refractivity contribution in [3.63, 3.8) is 0 Å². The summed E-state index contributed by atoms with van der Waals surface area (Å²) in [6, 6.07) is 0. The number of carbonyl (C=O) groups is 1. The number of rotatable bonds is 0. The molecule has 0 unspecified atom stereocenters. The van der Waals surface area contributed by atoms with Crippen LogP contribution in [0, 0.1) is 0 Å². The van der Waals surface area contributed by atoms with Gasteiger partial charge < -0.3 is 4.79 Å². The van der Waals surface area contributed by atoms with Crippen molar-refractivity contribution in [1.29, 1.82) is 0 Å². The molecule has 0 aliphatic heterocycles. The van der Waals surface area contributed by atoms with Gasteiger partial charge in [-0.1, -0.05) is 0 Å². The predicted molar refractivity (Wildman–Crippen MR) is 21.7 cm³/mol. The molecule has 0 fully saturated rings. The summed E-state index contributed by atoms with van der Waals surface area (Å²) in [7, 11) is 0. The Bertz CT molecular complexity index is 13.5.